The van der Waals surface area contributed by atoms with Crippen molar-refractivity contribution < 1.29 is 30.0 Å². The molecule has 4 aromatic carbocycles. The number of rotatable bonds is 7. The predicted octanol–water partition coefficient (Wildman–Crippen LogP) is 4.26. The van der Waals surface area contributed by atoms with Crippen LogP contribution in [0, 0.1) is 0 Å². The van der Waals surface area contributed by atoms with E-state index in [9.17, 15) is 30.0 Å². The number of carbonyl (C=O) groups is 2. The van der Waals surface area contributed by atoms with E-state index in [1.54, 1.807) is 60.7 Å². The van der Waals surface area contributed by atoms with Crippen molar-refractivity contribution in [1.82, 2.24) is 0 Å². The normalized spacial score (nSPS) is 14.5. The van der Waals surface area contributed by atoms with Gasteiger partial charge in [-0.05, 0) is 46.5 Å². The van der Waals surface area contributed by atoms with Gasteiger partial charge in [-0.25, -0.2) is 9.59 Å². The molecule has 4 rings (SSSR count). The Labute approximate surface area is 196 Å². The summed E-state index contributed by atoms with van der Waals surface area (Å²) in [6.45, 7) is 0. The van der Waals surface area contributed by atoms with Crippen molar-refractivity contribution in [3.05, 3.63) is 143 Å². The maximum absolute atomic E-state index is 12.5. The molecule has 0 aliphatic carbocycles. The second-order valence-electron chi connectivity index (χ2n) is 7.92. The lowest BCUT2D eigenvalue weighted by atomic mass is 9.66. The third-order valence-corrected chi connectivity index (χ3v) is 6.01. The highest BCUT2D eigenvalue weighted by molar-refractivity contribution is 5.88. The van der Waals surface area contributed by atoms with Gasteiger partial charge in [-0.2, -0.15) is 0 Å². The molecule has 0 amide bonds. The summed E-state index contributed by atoms with van der Waals surface area (Å²) in [5.74, 6) is -2.23. The van der Waals surface area contributed by atoms with E-state index >= 15 is 0 Å². The van der Waals surface area contributed by atoms with Crippen molar-refractivity contribution in [3.8, 4) is 0 Å². The second-order valence-corrected chi connectivity index (χ2v) is 7.92. The predicted molar refractivity (Wildman–Crippen MR) is 126 cm³/mol. The van der Waals surface area contributed by atoms with E-state index in [1.807, 2.05) is 0 Å². The average Bonchev–Trinajstić information content (AvgIpc) is 2.88. The molecular formula is C28H22O6. The summed E-state index contributed by atoms with van der Waals surface area (Å²) in [4.78, 5) is 22.8. The summed E-state index contributed by atoms with van der Waals surface area (Å²) in [5, 5.41) is 43.6. The molecule has 4 aromatic rings. The van der Waals surface area contributed by atoms with Crippen molar-refractivity contribution in [1.29, 1.82) is 0 Å². The quantitative estimate of drug-likeness (QED) is 0.332. The molecule has 6 nitrogen and oxygen atoms in total. The van der Waals surface area contributed by atoms with Crippen LogP contribution in [0.15, 0.2) is 109 Å². The molecule has 0 aliphatic heterocycles. The summed E-state index contributed by atoms with van der Waals surface area (Å²) in [6, 6.07) is 28.5. The molecule has 0 heterocycles. The zero-order chi connectivity index (χ0) is 24.3. The molecule has 0 unspecified atom stereocenters. The van der Waals surface area contributed by atoms with Gasteiger partial charge in [0.05, 0.1) is 11.1 Å². The number of aliphatic hydroxyl groups is 2. The highest BCUT2D eigenvalue weighted by Gasteiger charge is 2.54. The van der Waals surface area contributed by atoms with Gasteiger partial charge < -0.3 is 20.4 Å². The van der Waals surface area contributed by atoms with Gasteiger partial charge in [-0.1, -0.05) is 84.9 Å². The maximum atomic E-state index is 12.5. The zero-order valence-electron chi connectivity index (χ0n) is 18.0. The second kappa shape index (κ2) is 8.94. The molecule has 0 fully saturated rings. The monoisotopic (exact) mass is 454 g/mol. The Hall–Kier alpha value is -4.26. The Balaban J connectivity index is 2.05. The molecule has 4 N–H and O–H groups in total. The van der Waals surface area contributed by atoms with Crippen LogP contribution in [0.25, 0.3) is 0 Å². The summed E-state index contributed by atoms with van der Waals surface area (Å²) in [6.07, 6.45) is 0. The number of hydrogen-bond donors (Lipinski definition) is 4. The minimum Gasteiger partial charge on any atom is -0.478 e. The molecule has 0 aliphatic rings. The van der Waals surface area contributed by atoms with Crippen LogP contribution >= 0.6 is 0 Å². The number of carboxylic acids is 2. The summed E-state index contributed by atoms with van der Waals surface area (Å²) < 4.78 is 0. The number of carboxylic acid groups (broad SMARTS) is 2. The molecule has 2 atom stereocenters. The first-order valence-electron chi connectivity index (χ1n) is 10.5. The molecule has 0 bridgehead atoms. The van der Waals surface area contributed by atoms with E-state index < -0.39 is 23.1 Å². The average molecular weight is 454 g/mol. The van der Waals surface area contributed by atoms with Gasteiger partial charge in [0.1, 0.15) is 0 Å². The van der Waals surface area contributed by atoms with E-state index in [2.05, 4.69) is 0 Å². The van der Waals surface area contributed by atoms with Crippen molar-refractivity contribution in [2.45, 2.75) is 11.2 Å². The van der Waals surface area contributed by atoms with Crippen LogP contribution in [0.4, 0.5) is 0 Å². The Kier molecular flexibility index (Phi) is 6.03. The molecule has 0 aromatic heterocycles. The summed E-state index contributed by atoms with van der Waals surface area (Å²) in [7, 11) is 0. The molecule has 0 spiro atoms. The molecule has 34 heavy (non-hydrogen) atoms. The van der Waals surface area contributed by atoms with Crippen LogP contribution in [-0.4, -0.2) is 32.4 Å². The SMILES string of the molecule is O=C(O)c1ccc([C@](O)(c2ccccc2)[C@@](O)(c2ccccc2)c2ccc(C(=O)O)cc2)cc1. The van der Waals surface area contributed by atoms with Crippen LogP contribution in [0.2, 0.25) is 0 Å². The fraction of sp³-hybridized carbons (Fsp3) is 0.0714. The van der Waals surface area contributed by atoms with Gasteiger partial charge in [0.25, 0.3) is 0 Å². The van der Waals surface area contributed by atoms with Crippen LogP contribution in [-0.2, 0) is 11.2 Å². The van der Waals surface area contributed by atoms with Crippen LogP contribution in [0.3, 0.4) is 0 Å². The van der Waals surface area contributed by atoms with E-state index in [1.165, 1.54) is 48.5 Å². The fourth-order valence-electron chi connectivity index (χ4n) is 4.24. The Morgan fingerprint density at radius 2 is 0.706 bits per heavy atom. The third-order valence-electron chi connectivity index (χ3n) is 6.01. The highest BCUT2D eigenvalue weighted by atomic mass is 16.4. The number of aromatic carboxylic acids is 2. The van der Waals surface area contributed by atoms with Crippen LogP contribution < -0.4 is 0 Å². The molecule has 170 valence electrons. The molecular weight excluding hydrogens is 432 g/mol. The van der Waals surface area contributed by atoms with E-state index in [-0.39, 0.29) is 22.3 Å². The Morgan fingerprint density at radius 1 is 0.441 bits per heavy atom. The standard InChI is InChI=1S/C28H22O6/c29-25(30)19-11-15-23(16-12-19)27(33,21-7-3-1-4-8-21)28(34,22-9-5-2-6-10-22)24-17-13-20(14-18-24)26(31)32/h1-18,33-34H,(H,29,30)(H,31,32)/t27-,28-/m1/s1. The minimum atomic E-state index is -2.07. The molecule has 0 saturated carbocycles. The lowest BCUT2D eigenvalue weighted by Crippen LogP contribution is -2.51. The van der Waals surface area contributed by atoms with Gasteiger partial charge in [0.2, 0.25) is 0 Å². The molecule has 0 radical (unpaired) electrons. The first-order valence-corrected chi connectivity index (χ1v) is 10.5. The lowest BCUT2D eigenvalue weighted by Gasteiger charge is -2.45. The summed E-state index contributed by atoms with van der Waals surface area (Å²) in [5.41, 5.74) is -2.82. The van der Waals surface area contributed by atoms with Crippen LogP contribution in [0.5, 0.6) is 0 Å². The van der Waals surface area contributed by atoms with Crippen molar-refractivity contribution in [2.24, 2.45) is 0 Å². The van der Waals surface area contributed by atoms with E-state index in [4.69, 9.17) is 0 Å². The third kappa shape index (κ3) is 3.75. The summed E-state index contributed by atoms with van der Waals surface area (Å²) >= 11 is 0. The van der Waals surface area contributed by atoms with E-state index in [0.717, 1.165) is 0 Å². The van der Waals surface area contributed by atoms with Gasteiger partial charge >= 0.3 is 11.9 Å². The maximum Gasteiger partial charge on any atom is 0.335 e. The van der Waals surface area contributed by atoms with Gasteiger partial charge in [0, 0.05) is 0 Å². The highest BCUT2D eigenvalue weighted by Crippen LogP contribution is 2.49. The Bertz CT molecular complexity index is 1200. The Morgan fingerprint density at radius 3 is 0.971 bits per heavy atom. The molecule has 6 heteroatoms. The lowest BCUT2D eigenvalue weighted by molar-refractivity contribution is -0.113. The number of hydrogen-bond acceptors (Lipinski definition) is 4. The van der Waals surface area contributed by atoms with E-state index in [0.29, 0.717) is 11.1 Å². The topological polar surface area (TPSA) is 115 Å². The largest absolute Gasteiger partial charge is 0.478 e. The van der Waals surface area contributed by atoms with Crippen molar-refractivity contribution >= 4 is 11.9 Å². The van der Waals surface area contributed by atoms with Crippen molar-refractivity contribution in [3.63, 3.8) is 0 Å². The van der Waals surface area contributed by atoms with Gasteiger partial charge in [-0.15, -0.1) is 0 Å². The van der Waals surface area contributed by atoms with Crippen molar-refractivity contribution in [2.75, 3.05) is 0 Å². The smallest absolute Gasteiger partial charge is 0.335 e. The minimum absolute atomic E-state index is 0.0354. The zero-order valence-corrected chi connectivity index (χ0v) is 18.0. The first kappa shape index (κ1) is 22.9. The van der Waals surface area contributed by atoms with Crippen LogP contribution in [0.1, 0.15) is 43.0 Å². The molecule has 0 saturated heterocycles. The number of benzene rings is 4. The van der Waals surface area contributed by atoms with Gasteiger partial charge in [0.15, 0.2) is 11.2 Å². The first-order chi connectivity index (χ1) is 16.3. The van der Waals surface area contributed by atoms with Gasteiger partial charge in [-0.3, -0.25) is 0 Å². The fourth-order valence-corrected chi connectivity index (χ4v) is 4.24.